The van der Waals surface area contributed by atoms with E-state index in [1.54, 1.807) is 11.3 Å². The van der Waals surface area contributed by atoms with Crippen molar-refractivity contribution in [2.24, 2.45) is 0 Å². The van der Waals surface area contributed by atoms with E-state index in [0.29, 0.717) is 17.5 Å². The molecule has 298 valence electrons. The van der Waals surface area contributed by atoms with Crippen LogP contribution in [0.2, 0.25) is 0 Å². The molecule has 0 fully saturated rings. The van der Waals surface area contributed by atoms with E-state index in [9.17, 15) is 0 Å². The van der Waals surface area contributed by atoms with Crippen molar-refractivity contribution in [2.45, 2.75) is 0 Å². The van der Waals surface area contributed by atoms with E-state index in [1.807, 2.05) is 54.7 Å². The van der Waals surface area contributed by atoms with Gasteiger partial charge in [0, 0.05) is 70.2 Å². The summed E-state index contributed by atoms with van der Waals surface area (Å²) < 4.78 is 8.72. The quantitative estimate of drug-likeness (QED) is 0.155. The molecule has 6 nitrogen and oxygen atoms in total. The van der Waals surface area contributed by atoms with Gasteiger partial charge in [-0.05, 0) is 95.1 Å². The van der Waals surface area contributed by atoms with Crippen LogP contribution in [0.15, 0.2) is 205 Å². The van der Waals surface area contributed by atoms with Crippen LogP contribution in [0.4, 0.5) is 0 Å². The van der Waals surface area contributed by atoms with Crippen molar-refractivity contribution in [3.8, 4) is 67.7 Å². The standard InChI is InChI=1S/C57H33N5OS/c1-2-9-37(10-3-1)55-60-56(62-57(61-55)40-24-27-52-47(33-40)45-13-5-7-15-51(45)64-52)38-20-16-34(17-21-38)41-29-42(39-23-26-50-46(32-39)44-12-4-6-14-49(44)63-50)31-43(30-41)48-25-22-36-19-18-35-11-8-28-58-53(35)54(36)59-48/h1-33H. The summed E-state index contributed by atoms with van der Waals surface area (Å²) in [6.45, 7) is 0. The Morgan fingerprint density at radius 3 is 1.77 bits per heavy atom. The number of benzene rings is 8. The lowest BCUT2D eigenvalue weighted by Gasteiger charge is -2.13. The summed E-state index contributed by atoms with van der Waals surface area (Å²) in [7, 11) is 0. The van der Waals surface area contributed by atoms with Gasteiger partial charge in [-0.3, -0.25) is 4.98 Å². The molecule has 0 aliphatic rings. The average molecular weight is 836 g/mol. The second-order valence-electron chi connectivity index (χ2n) is 16.1. The Labute approximate surface area is 370 Å². The third-order valence-electron chi connectivity index (χ3n) is 12.1. The van der Waals surface area contributed by atoms with Crippen LogP contribution in [0.3, 0.4) is 0 Å². The van der Waals surface area contributed by atoms with E-state index in [4.69, 9.17) is 29.3 Å². The van der Waals surface area contributed by atoms with Crippen LogP contribution in [0.5, 0.6) is 0 Å². The number of hydrogen-bond donors (Lipinski definition) is 0. The van der Waals surface area contributed by atoms with Gasteiger partial charge in [-0.1, -0.05) is 121 Å². The third kappa shape index (κ3) is 6.21. The van der Waals surface area contributed by atoms with Gasteiger partial charge >= 0.3 is 0 Å². The maximum absolute atomic E-state index is 6.22. The normalized spacial score (nSPS) is 11.8. The molecule has 0 N–H and O–H groups in total. The maximum atomic E-state index is 6.22. The molecular formula is C57H33N5OS. The first-order valence-corrected chi connectivity index (χ1v) is 22.0. The third-order valence-corrected chi connectivity index (χ3v) is 13.3. The maximum Gasteiger partial charge on any atom is 0.164 e. The van der Waals surface area contributed by atoms with Crippen LogP contribution in [0.25, 0.3) is 132 Å². The van der Waals surface area contributed by atoms with Crippen molar-refractivity contribution >= 4 is 75.3 Å². The number of rotatable bonds is 6. The van der Waals surface area contributed by atoms with Crippen LogP contribution in [-0.4, -0.2) is 24.9 Å². The Balaban J connectivity index is 0.943. The molecule has 7 heteroatoms. The lowest BCUT2D eigenvalue weighted by Crippen LogP contribution is -2.00. The van der Waals surface area contributed by atoms with E-state index < -0.39 is 0 Å². The Kier molecular flexibility index (Phi) is 8.29. The first-order chi connectivity index (χ1) is 31.6. The Morgan fingerprint density at radius 1 is 0.328 bits per heavy atom. The molecule has 13 aromatic rings. The zero-order valence-electron chi connectivity index (χ0n) is 34.1. The molecule has 0 saturated carbocycles. The molecule has 0 unspecified atom stereocenters. The van der Waals surface area contributed by atoms with Gasteiger partial charge in [0.05, 0.1) is 16.7 Å². The van der Waals surface area contributed by atoms with Gasteiger partial charge in [0.25, 0.3) is 0 Å². The molecule has 0 amide bonds. The highest BCUT2D eigenvalue weighted by Crippen LogP contribution is 2.39. The fourth-order valence-electron chi connectivity index (χ4n) is 8.93. The van der Waals surface area contributed by atoms with Crippen LogP contribution in [-0.2, 0) is 0 Å². The zero-order valence-corrected chi connectivity index (χ0v) is 34.9. The van der Waals surface area contributed by atoms with E-state index in [-0.39, 0.29) is 0 Å². The summed E-state index contributed by atoms with van der Waals surface area (Å²) in [6.07, 6.45) is 1.83. The molecule has 0 bridgehead atoms. The van der Waals surface area contributed by atoms with Crippen molar-refractivity contribution in [1.29, 1.82) is 0 Å². The van der Waals surface area contributed by atoms with Crippen molar-refractivity contribution in [3.05, 3.63) is 200 Å². The molecule has 5 aromatic heterocycles. The van der Waals surface area contributed by atoms with E-state index in [1.165, 1.54) is 20.2 Å². The second kappa shape index (κ2) is 14.6. The summed E-state index contributed by atoms with van der Waals surface area (Å²) in [5.41, 5.74) is 12.5. The number of hydrogen-bond acceptors (Lipinski definition) is 7. The van der Waals surface area contributed by atoms with Gasteiger partial charge in [-0.2, -0.15) is 0 Å². The van der Waals surface area contributed by atoms with Gasteiger partial charge in [0.1, 0.15) is 11.2 Å². The highest BCUT2D eigenvalue weighted by Gasteiger charge is 2.17. The minimum absolute atomic E-state index is 0.613. The van der Waals surface area contributed by atoms with E-state index >= 15 is 0 Å². The molecule has 0 spiro atoms. The number of aromatic nitrogens is 5. The molecule has 64 heavy (non-hydrogen) atoms. The molecule has 0 atom stereocenters. The lowest BCUT2D eigenvalue weighted by molar-refractivity contribution is 0.669. The zero-order chi connectivity index (χ0) is 42.1. The van der Waals surface area contributed by atoms with Crippen molar-refractivity contribution in [1.82, 2.24) is 24.9 Å². The van der Waals surface area contributed by atoms with Crippen molar-refractivity contribution in [2.75, 3.05) is 0 Å². The first kappa shape index (κ1) is 36.3. The number of para-hydroxylation sites is 1. The molecule has 13 rings (SSSR count). The van der Waals surface area contributed by atoms with Gasteiger partial charge in [0.15, 0.2) is 17.5 Å². The predicted octanol–water partition coefficient (Wildman–Crippen LogP) is 15.2. The summed E-state index contributed by atoms with van der Waals surface area (Å²) in [5.74, 6) is 1.88. The molecule has 0 aliphatic heterocycles. The summed E-state index contributed by atoms with van der Waals surface area (Å²) >= 11 is 1.80. The minimum Gasteiger partial charge on any atom is -0.456 e. The fraction of sp³-hybridized carbons (Fsp3) is 0. The molecule has 0 radical (unpaired) electrons. The molecule has 0 aliphatic carbocycles. The average Bonchev–Trinajstić information content (AvgIpc) is 3.94. The monoisotopic (exact) mass is 835 g/mol. The number of fused-ring (bicyclic) bond motifs is 9. The Bertz CT molecular complexity index is 3970. The summed E-state index contributed by atoms with van der Waals surface area (Å²) in [6, 6.07) is 67.6. The topological polar surface area (TPSA) is 77.6 Å². The SMILES string of the molecule is c1ccc(-c2nc(-c3ccc(-c4cc(-c5ccc6oc7ccccc7c6c5)cc(-c5ccc6ccc7cccnc7c6n5)c4)cc3)nc(-c3ccc4sc5ccccc5c4c3)n2)cc1. The number of thiophene rings is 1. The van der Waals surface area contributed by atoms with Gasteiger partial charge < -0.3 is 4.42 Å². The van der Waals surface area contributed by atoms with Crippen LogP contribution < -0.4 is 0 Å². The largest absolute Gasteiger partial charge is 0.456 e. The van der Waals surface area contributed by atoms with Crippen molar-refractivity contribution < 1.29 is 4.42 Å². The van der Waals surface area contributed by atoms with Crippen LogP contribution >= 0.6 is 11.3 Å². The highest BCUT2D eigenvalue weighted by atomic mass is 32.1. The van der Waals surface area contributed by atoms with Gasteiger partial charge in [-0.25, -0.2) is 19.9 Å². The van der Waals surface area contributed by atoms with E-state index in [0.717, 1.165) is 93.9 Å². The molecular weight excluding hydrogens is 803 g/mol. The van der Waals surface area contributed by atoms with Crippen LogP contribution in [0.1, 0.15) is 0 Å². The lowest BCUT2D eigenvalue weighted by atomic mass is 9.93. The van der Waals surface area contributed by atoms with Gasteiger partial charge in [0.2, 0.25) is 0 Å². The van der Waals surface area contributed by atoms with Gasteiger partial charge in [-0.15, -0.1) is 11.3 Å². The molecule has 0 saturated heterocycles. The minimum atomic E-state index is 0.613. The summed E-state index contributed by atoms with van der Waals surface area (Å²) in [5, 5.41) is 6.74. The van der Waals surface area contributed by atoms with Crippen LogP contribution in [0, 0.1) is 0 Å². The highest BCUT2D eigenvalue weighted by molar-refractivity contribution is 7.25. The predicted molar refractivity (Wildman–Crippen MR) is 263 cm³/mol. The van der Waals surface area contributed by atoms with E-state index in [2.05, 4.69) is 146 Å². The number of furan rings is 1. The first-order valence-electron chi connectivity index (χ1n) is 21.2. The summed E-state index contributed by atoms with van der Waals surface area (Å²) in [4.78, 5) is 25.2. The van der Waals surface area contributed by atoms with Crippen molar-refractivity contribution in [3.63, 3.8) is 0 Å². The smallest absolute Gasteiger partial charge is 0.164 e. The fourth-order valence-corrected chi connectivity index (χ4v) is 10.0. The Hall–Kier alpha value is -8.39. The number of nitrogens with zero attached hydrogens (tertiary/aromatic N) is 5. The second-order valence-corrected chi connectivity index (χ2v) is 17.2. The Morgan fingerprint density at radius 2 is 0.922 bits per heavy atom. The molecule has 8 aromatic carbocycles. The molecule has 5 heterocycles. The number of pyridine rings is 2.